The van der Waals surface area contributed by atoms with Crippen molar-refractivity contribution in [1.29, 1.82) is 0 Å². The van der Waals surface area contributed by atoms with Crippen LogP contribution in [0.3, 0.4) is 0 Å². The Balaban J connectivity index is 1.61. The van der Waals surface area contributed by atoms with Crippen molar-refractivity contribution in [3.8, 4) is 0 Å². The zero-order chi connectivity index (χ0) is 16.5. The van der Waals surface area contributed by atoms with Crippen LogP contribution in [0.1, 0.15) is 35.2 Å². The molecule has 4 heterocycles. The number of piperidine rings is 1. The molecule has 124 valence electrons. The van der Waals surface area contributed by atoms with Gasteiger partial charge in [0, 0.05) is 25.1 Å². The van der Waals surface area contributed by atoms with Gasteiger partial charge in [0.1, 0.15) is 5.56 Å². The average molecular weight is 324 g/mol. The first-order chi connectivity index (χ1) is 11.7. The minimum absolute atomic E-state index is 0.0114. The smallest absolute Gasteiger partial charge is 0.259 e. The van der Waals surface area contributed by atoms with Gasteiger partial charge in [-0.2, -0.15) is 10.2 Å². The Labute approximate surface area is 139 Å². The Kier molecular flexibility index (Phi) is 3.76. The molecule has 0 N–H and O–H groups in total. The van der Waals surface area contributed by atoms with Crippen LogP contribution in [0.2, 0.25) is 0 Å². The third kappa shape index (κ3) is 2.66. The summed E-state index contributed by atoms with van der Waals surface area (Å²) in [5.74, 6) is 0.0114. The van der Waals surface area contributed by atoms with Gasteiger partial charge in [0.15, 0.2) is 5.65 Å². The molecular formula is C17H20N6O. The van der Waals surface area contributed by atoms with Crippen LogP contribution in [0.25, 0.3) is 5.65 Å². The summed E-state index contributed by atoms with van der Waals surface area (Å²) in [6.45, 7) is 3.53. The van der Waals surface area contributed by atoms with Crippen LogP contribution in [0.4, 0.5) is 0 Å². The molecule has 1 fully saturated rings. The molecule has 7 heteroatoms. The molecule has 1 saturated heterocycles. The van der Waals surface area contributed by atoms with Crippen LogP contribution >= 0.6 is 0 Å². The molecule has 3 aromatic heterocycles. The van der Waals surface area contributed by atoms with E-state index in [1.165, 1.54) is 0 Å². The highest BCUT2D eigenvalue weighted by Gasteiger charge is 2.29. The number of hydrogen-bond acceptors (Lipinski definition) is 4. The fourth-order valence-electron chi connectivity index (χ4n) is 3.37. The SMILES string of the molecule is Cc1cnn(C[C@H]2CCCCN2C(=O)c2cnn3cccnc23)c1. The molecule has 7 nitrogen and oxygen atoms in total. The van der Waals surface area contributed by atoms with E-state index < -0.39 is 0 Å². The molecule has 0 spiro atoms. The summed E-state index contributed by atoms with van der Waals surface area (Å²) in [7, 11) is 0. The van der Waals surface area contributed by atoms with Crippen molar-refractivity contribution in [2.45, 2.75) is 38.8 Å². The summed E-state index contributed by atoms with van der Waals surface area (Å²) in [6, 6.07) is 1.96. The number of hydrogen-bond donors (Lipinski definition) is 0. The monoisotopic (exact) mass is 324 g/mol. The van der Waals surface area contributed by atoms with Gasteiger partial charge in [-0.25, -0.2) is 9.50 Å². The summed E-state index contributed by atoms with van der Waals surface area (Å²) in [6.07, 6.45) is 12.2. The minimum Gasteiger partial charge on any atom is -0.334 e. The number of aryl methyl sites for hydroxylation is 1. The Morgan fingerprint density at radius 1 is 1.29 bits per heavy atom. The molecule has 0 radical (unpaired) electrons. The molecule has 3 aromatic rings. The molecule has 24 heavy (non-hydrogen) atoms. The Morgan fingerprint density at radius 3 is 3.04 bits per heavy atom. The van der Waals surface area contributed by atoms with Crippen molar-refractivity contribution >= 4 is 11.6 Å². The fourth-order valence-corrected chi connectivity index (χ4v) is 3.37. The van der Waals surface area contributed by atoms with Crippen molar-refractivity contribution in [3.63, 3.8) is 0 Å². The molecule has 4 rings (SSSR count). The highest BCUT2D eigenvalue weighted by atomic mass is 16.2. The molecule has 1 amide bonds. The van der Waals surface area contributed by atoms with Gasteiger partial charge in [-0.05, 0) is 37.8 Å². The lowest BCUT2D eigenvalue weighted by Crippen LogP contribution is -2.46. The predicted molar refractivity (Wildman–Crippen MR) is 88.6 cm³/mol. The first kappa shape index (κ1) is 14.9. The number of nitrogens with zero attached hydrogens (tertiary/aromatic N) is 6. The Hall–Kier alpha value is -2.70. The van der Waals surface area contributed by atoms with E-state index in [0.717, 1.165) is 37.9 Å². The second-order valence-electron chi connectivity index (χ2n) is 6.33. The van der Waals surface area contributed by atoms with Crippen LogP contribution in [0.5, 0.6) is 0 Å². The molecular weight excluding hydrogens is 304 g/mol. The standard InChI is InChI=1S/C17H20N6O/c1-13-9-19-21(11-13)12-14-5-2-3-7-22(14)17(24)15-10-20-23-8-4-6-18-16(15)23/h4,6,8-11,14H,2-3,5,7,12H2,1H3/t14-/m1/s1. The number of amides is 1. The minimum atomic E-state index is 0.0114. The molecule has 1 aliphatic rings. The number of likely N-dealkylation sites (tertiary alicyclic amines) is 1. The van der Waals surface area contributed by atoms with Crippen LogP contribution in [-0.2, 0) is 6.54 Å². The average Bonchev–Trinajstić information content (AvgIpc) is 3.21. The second kappa shape index (κ2) is 6.07. The zero-order valence-electron chi connectivity index (χ0n) is 13.7. The van der Waals surface area contributed by atoms with Gasteiger partial charge in [0.2, 0.25) is 0 Å². The number of aromatic nitrogens is 5. The highest BCUT2D eigenvalue weighted by Crippen LogP contribution is 2.22. The lowest BCUT2D eigenvalue weighted by atomic mass is 10.0. The maximum absolute atomic E-state index is 13.1. The lowest BCUT2D eigenvalue weighted by molar-refractivity contribution is 0.0585. The van der Waals surface area contributed by atoms with E-state index in [9.17, 15) is 4.79 Å². The van der Waals surface area contributed by atoms with E-state index in [4.69, 9.17) is 0 Å². The van der Waals surface area contributed by atoms with E-state index in [0.29, 0.717) is 11.2 Å². The number of fused-ring (bicyclic) bond motifs is 1. The Bertz CT molecular complexity index is 867. The Morgan fingerprint density at radius 2 is 2.21 bits per heavy atom. The summed E-state index contributed by atoms with van der Waals surface area (Å²) in [4.78, 5) is 19.4. The van der Waals surface area contributed by atoms with Gasteiger partial charge in [-0.15, -0.1) is 0 Å². The van der Waals surface area contributed by atoms with Gasteiger partial charge >= 0.3 is 0 Å². The fraction of sp³-hybridized carbons (Fsp3) is 0.412. The second-order valence-corrected chi connectivity index (χ2v) is 6.33. The van der Waals surface area contributed by atoms with E-state index >= 15 is 0 Å². The first-order valence-corrected chi connectivity index (χ1v) is 8.31. The molecule has 0 unspecified atom stereocenters. The molecule has 0 aliphatic carbocycles. The normalized spacial score (nSPS) is 18.2. The maximum Gasteiger partial charge on any atom is 0.259 e. The van der Waals surface area contributed by atoms with Crippen molar-refractivity contribution < 1.29 is 4.79 Å². The van der Waals surface area contributed by atoms with E-state index in [2.05, 4.69) is 15.2 Å². The molecule has 0 bridgehead atoms. The van der Waals surface area contributed by atoms with Crippen molar-refractivity contribution in [2.75, 3.05) is 6.54 Å². The summed E-state index contributed by atoms with van der Waals surface area (Å²) >= 11 is 0. The van der Waals surface area contributed by atoms with Gasteiger partial charge in [0.25, 0.3) is 5.91 Å². The number of carbonyl (C=O) groups is 1. The number of carbonyl (C=O) groups excluding carboxylic acids is 1. The molecule has 0 aromatic carbocycles. The van der Waals surface area contributed by atoms with Gasteiger partial charge in [0.05, 0.1) is 25.0 Å². The lowest BCUT2D eigenvalue weighted by Gasteiger charge is -2.35. The van der Waals surface area contributed by atoms with Crippen LogP contribution < -0.4 is 0 Å². The molecule has 1 aliphatic heterocycles. The largest absolute Gasteiger partial charge is 0.334 e. The third-order valence-electron chi connectivity index (χ3n) is 4.56. The van der Waals surface area contributed by atoms with Crippen LogP contribution in [-0.4, -0.2) is 47.8 Å². The zero-order valence-corrected chi connectivity index (χ0v) is 13.7. The molecule has 0 saturated carbocycles. The van der Waals surface area contributed by atoms with E-state index in [-0.39, 0.29) is 11.9 Å². The summed E-state index contributed by atoms with van der Waals surface area (Å²) < 4.78 is 3.57. The quantitative estimate of drug-likeness (QED) is 0.738. The van der Waals surface area contributed by atoms with Gasteiger partial charge < -0.3 is 4.90 Å². The van der Waals surface area contributed by atoms with Gasteiger partial charge in [-0.3, -0.25) is 9.48 Å². The number of rotatable bonds is 3. The van der Waals surface area contributed by atoms with Crippen molar-refractivity contribution in [2.24, 2.45) is 0 Å². The third-order valence-corrected chi connectivity index (χ3v) is 4.56. The summed E-state index contributed by atoms with van der Waals surface area (Å²) in [5, 5.41) is 8.60. The van der Waals surface area contributed by atoms with E-state index in [1.54, 1.807) is 29.2 Å². The van der Waals surface area contributed by atoms with Gasteiger partial charge in [-0.1, -0.05) is 0 Å². The maximum atomic E-state index is 13.1. The van der Waals surface area contributed by atoms with E-state index in [1.807, 2.05) is 28.9 Å². The van der Waals surface area contributed by atoms with Crippen molar-refractivity contribution in [3.05, 3.63) is 48.2 Å². The predicted octanol–water partition coefficient (Wildman–Crippen LogP) is 1.93. The van der Waals surface area contributed by atoms with Crippen LogP contribution in [0.15, 0.2) is 37.1 Å². The topological polar surface area (TPSA) is 68.3 Å². The highest BCUT2D eigenvalue weighted by molar-refractivity contribution is 5.99. The molecule has 1 atom stereocenters. The van der Waals surface area contributed by atoms with Crippen molar-refractivity contribution in [1.82, 2.24) is 29.3 Å². The van der Waals surface area contributed by atoms with Crippen LogP contribution in [0, 0.1) is 6.92 Å². The first-order valence-electron chi connectivity index (χ1n) is 8.31. The summed E-state index contributed by atoms with van der Waals surface area (Å²) in [5.41, 5.74) is 2.32.